The van der Waals surface area contributed by atoms with Gasteiger partial charge in [-0.3, -0.25) is 4.84 Å². The molecule has 0 radical (unpaired) electrons. The summed E-state index contributed by atoms with van der Waals surface area (Å²) in [5.41, 5.74) is 0.805. The summed E-state index contributed by atoms with van der Waals surface area (Å²) in [6, 6.07) is 9.33. The molecule has 0 spiro atoms. The van der Waals surface area contributed by atoms with Crippen LogP contribution in [0.5, 0.6) is 0 Å². The van der Waals surface area contributed by atoms with Gasteiger partial charge in [0.05, 0.1) is 0 Å². The number of anilines is 2. The van der Waals surface area contributed by atoms with Gasteiger partial charge in [-0.05, 0) is 0 Å². The summed E-state index contributed by atoms with van der Waals surface area (Å²) in [7, 11) is 0. The van der Waals surface area contributed by atoms with E-state index in [-0.39, 0.29) is 11.9 Å². The molecule has 1 heterocycles. The van der Waals surface area contributed by atoms with E-state index in [1.165, 1.54) is 0 Å². The zero-order valence-electron chi connectivity index (χ0n) is 8.31. The second-order valence-electron chi connectivity index (χ2n) is 2.98. The third-order valence-corrected chi connectivity index (χ3v) is 2.36. The number of rotatable bonds is 3. The lowest BCUT2D eigenvalue weighted by molar-refractivity contribution is 1.07. The van der Waals surface area contributed by atoms with Crippen molar-refractivity contribution in [3.63, 3.8) is 0 Å². The lowest BCUT2D eigenvalue weighted by atomic mass is 10.2. The Morgan fingerprint density at radius 2 is 1.71 bits per heavy atom. The third-order valence-electron chi connectivity index (χ3n) is 1.89. The van der Waals surface area contributed by atoms with Crippen LogP contribution in [0.2, 0.25) is 0 Å². The lowest BCUT2D eigenvalue weighted by Gasteiger charge is -2.07. The summed E-state index contributed by atoms with van der Waals surface area (Å²) >= 11 is 16.6. The van der Waals surface area contributed by atoms with Crippen molar-refractivity contribution in [3.8, 4) is 11.4 Å². The number of benzene rings is 1. The summed E-state index contributed by atoms with van der Waals surface area (Å²) in [5.74, 6) is 0.678. The Hall–Kier alpha value is -1.30. The molecule has 2 rings (SSSR count). The topological polar surface area (TPSA) is 53.9 Å². The first-order chi connectivity index (χ1) is 8.20. The first-order valence-corrected chi connectivity index (χ1v) is 5.56. The minimum atomic E-state index is 0.0883. The van der Waals surface area contributed by atoms with Crippen LogP contribution in [0.4, 0.5) is 11.9 Å². The summed E-state index contributed by atoms with van der Waals surface area (Å²) in [6.45, 7) is 0. The van der Waals surface area contributed by atoms with Gasteiger partial charge in [0.25, 0.3) is 5.95 Å². The molecule has 5 nitrogen and oxygen atoms in total. The number of aromatic nitrogens is 3. The van der Waals surface area contributed by atoms with Crippen molar-refractivity contribution in [1.29, 1.82) is 0 Å². The van der Waals surface area contributed by atoms with Gasteiger partial charge >= 0.3 is 0 Å². The van der Waals surface area contributed by atoms with Crippen LogP contribution in [-0.2, 0) is 0 Å². The molecular weight excluding hydrogens is 284 g/mol. The third kappa shape index (κ3) is 2.88. The summed E-state index contributed by atoms with van der Waals surface area (Å²) in [6.07, 6.45) is 0. The van der Waals surface area contributed by atoms with Crippen LogP contribution in [0.25, 0.3) is 11.4 Å². The molecule has 0 aliphatic heterocycles. The Morgan fingerprint density at radius 3 is 2.29 bits per heavy atom. The molecule has 0 bridgehead atoms. The zero-order chi connectivity index (χ0) is 12.3. The molecule has 0 aliphatic carbocycles. The molecule has 0 fully saturated rings. The molecule has 88 valence electrons. The Labute approximate surface area is 113 Å². The van der Waals surface area contributed by atoms with Gasteiger partial charge in [0, 0.05) is 40.9 Å². The van der Waals surface area contributed by atoms with Crippen molar-refractivity contribution in [2.45, 2.75) is 0 Å². The predicted octanol–water partition coefficient (Wildman–Crippen LogP) is 3.22. The van der Waals surface area contributed by atoms with E-state index >= 15 is 0 Å². The Bertz CT molecular complexity index is 505. The van der Waals surface area contributed by atoms with Crippen molar-refractivity contribution < 1.29 is 0 Å². The molecule has 0 unspecified atom stereocenters. The SMILES string of the molecule is ClNc1nc(-c2ccccc2)nc(N(Cl)Cl)n1. The van der Waals surface area contributed by atoms with E-state index < -0.39 is 0 Å². The molecule has 0 aliphatic rings. The Balaban J connectivity index is 2.50. The molecule has 17 heavy (non-hydrogen) atoms. The molecule has 8 heteroatoms. The zero-order valence-corrected chi connectivity index (χ0v) is 10.6. The van der Waals surface area contributed by atoms with Gasteiger partial charge in [-0.15, -0.1) is 0 Å². The van der Waals surface area contributed by atoms with Gasteiger partial charge in [0.2, 0.25) is 5.95 Å². The maximum atomic E-state index is 5.57. The van der Waals surface area contributed by atoms with Gasteiger partial charge in [-0.1, -0.05) is 30.3 Å². The number of hydrogen-bond acceptors (Lipinski definition) is 5. The number of nitrogens with one attached hydrogen (secondary N) is 1. The fourth-order valence-corrected chi connectivity index (χ4v) is 1.43. The summed E-state index contributed by atoms with van der Waals surface area (Å²) in [4.78, 5) is 14.4. The normalized spacial score (nSPS) is 10.1. The molecule has 0 amide bonds. The second kappa shape index (κ2) is 5.35. The van der Waals surface area contributed by atoms with Crippen LogP contribution in [0.1, 0.15) is 0 Å². The molecule has 2 aromatic rings. The van der Waals surface area contributed by atoms with Crippen LogP contribution >= 0.6 is 35.3 Å². The van der Waals surface area contributed by atoms with Crippen molar-refractivity contribution in [2.75, 3.05) is 8.77 Å². The summed E-state index contributed by atoms with van der Waals surface area (Å²) in [5, 5.41) is 0. The van der Waals surface area contributed by atoms with E-state index in [4.69, 9.17) is 35.3 Å². The maximum absolute atomic E-state index is 5.57. The molecular formula is C9H6Cl3N5. The molecule has 1 aromatic carbocycles. The Morgan fingerprint density at radius 1 is 1.00 bits per heavy atom. The van der Waals surface area contributed by atoms with Gasteiger partial charge in [-0.25, -0.2) is 0 Å². The minimum Gasteiger partial charge on any atom is -0.266 e. The van der Waals surface area contributed by atoms with Gasteiger partial charge < -0.3 is 0 Å². The maximum Gasteiger partial charge on any atom is 0.261 e. The van der Waals surface area contributed by atoms with Gasteiger partial charge in [0.15, 0.2) is 5.82 Å². The van der Waals surface area contributed by atoms with Crippen LogP contribution < -0.4 is 8.77 Å². The molecule has 1 N–H and O–H groups in total. The Kier molecular flexibility index (Phi) is 3.83. The highest BCUT2D eigenvalue weighted by atomic mass is 35.5. The van der Waals surface area contributed by atoms with E-state index in [0.29, 0.717) is 5.82 Å². The van der Waals surface area contributed by atoms with Gasteiger partial charge in [-0.2, -0.15) is 18.9 Å². The molecule has 0 atom stereocenters. The van der Waals surface area contributed by atoms with Crippen LogP contribution in [-0.4, -0.2) is 15.0 Å². The van der Waals surface area contributed by atoms with E-state index in [2.05, 4.69) is 19.8 Å². The van der Waals surface area contributed by atoms with E-state index in [1.807, 2.05) is 30.3 Å². The van der Waals surface area contributed by atoms with E-state index in [9.17, 15) is 0 Å². The average Bonchev–Trinajstić information content (AvgIpc) is 2.39. The fraction of sp³-hybridized carbons (Fsp3) is 0. The van der Waals surface area contributed by atoms with Crippen LogP contribution in [0, 0.1) is 0 Å². The number of halogens is 3. The first-order valence-electron chi connectivity index (χ1n) is 4.50. The lowest BCUT2D eigenvalue weighted by Crippen LogP contribution is -2.05. The van der Waals surface area contributed by atoms with Crippen LogP contribution in [0.15, 0.2) is 30.3 Å². The van der Waals surface area contributed by atoms with Crippen molar-refractivity contribution in [3.05, 3.63) is 30.3 Å². The number of hydrogen-bond donors (Lipinski definition) is 1. The first kappa shape index (κ1) is 12.2. The highest BCUT2D eigenvalue weighted by molar-refractivity contribution is 6.48. The molecule has 0 saturated heterocycles. The largest absolute Gasteiger partial charge is 0.266 e. The number of nitrogens with zero attached hydrogens (tertiary/aromatic N) is 4. The van der Waals surface area contributed by atoms with Crippen molar-refractivity contribution in [2.24, 2.45) is 0 Å². The predicted molar refractivity (Wildman–Crippen MR) is 68.9 cm³/mol. The quantitative estimate of drug-likeness (QED) is 0.880. The van der Waals surface area contributed by atoms with Crippen LogP contribution in [0.3, 0.4) is 0 Å². The van der Waals surface area contributed by atoms with E-state index in [1.54, 1.807) is 0 Å². The average molecular weight is 291 g/mol. The van der Waals surface area contributed by atoms with Crippen molar-refractivity contribution >= 4 is 47.2 Å². The summed E-state index contributed by atoms with van der Waals surface area (Å²) < 4.78 is 0.742. The highest BCUT2D eigenvalue weighted by Gasteiger charge is 2.11. The smallest absolute Gasteiger partial charge is 0.261 e. The fourth-order valence-electron chi connectivity index (χ4n) is 1.20. The van der Waals surface area contributed by atoms with E-state index in [0.717, 1.165) is 9.50 Å². The highest BCUT2D eigenvalue weighted by Crippen LogP contribution is 2.21. The standard InChI is InChI=1S/C9H6Cl3N5/c10-16-8-13-7(6-4-2-1-3-5-6)14-9(15-8)17(11)12/h1-5H,(H,13,14,15,16). The van der Waals surface area contributed by atoms with Gasteiger partial charge in [0.1, 0.15) is 0 Å². The van der Waals surface area contributed by atoms with Crippen molar-refractivity contribution in [1.82, 2.24) is 15.0 Å². The molecule has 0 saturated carbocycles. The minimum absolute atomic E-state index is 0.0883. The monoisotopic (exact) mass is 289 g/mol. The molecule has 1 aromatic heterocycles. The second-order valence-corrected chi connectivity index (χ2v) is 4.01.